The Hall–Kier alpha value is -0.980. The summed E-state index contributed by atoms with van der Waals surface area (Å²) in [6.07, 6.45) is -2.55. The Labute approximate surface area is 149 Å². The minimum Gasteiger partial charge on any atom is -0.444 e. The molecule has 0 aliphatic carbocycles. The zero-order chi connectivity index (χ0) is 19.3. The van der Waals surface area contributed by atoms with Gasteiger partial charge in [-0.3, -0.25) is 0 Å². The number of amides is 1. The van der Waals surface area contributed by atoms with E-state index in [-0.39, 0.29) is 30.5 Å². The lowest BCUT2D eigenvalue weighted by molar-refractivity contribution is -0.135. The number of ether oxygens (including phenoxy) is 1. The molecule has 1 aliphatic rings. The number of rotatable bonds is 6. The summed E-state index contributed by atoms with van der Waals surface area (Å²) < 4.78 is 42.1. The molecule has 1 heterocycles. The summed E-state index contributed by atoms with van der Waals surface area (Å²) in [6, 6.07) is 0.167. The minimum absolute atomic E-state index is 0.0225. The van der Waals surface area contributed by atoms with Gasteiger partial charge < -0.3 is 15.0 Å². The Morgan fingerprint density at radius 3 is 2.48 bits per heavy atom. The second-order valence-corrected chi connectivity index (χ2v) is 8.19. The van der Waals surface area contributed by atoms with Crippen molar-refractivity contribution in [3.63, 3.8) is 0 Å². The highest BCUT2D eigenvalue weighted by Crippen LogP contribution is 2.24. The van der Waals surface area contributed by atoms with E-state index in [1.807, 2.05) is 34.6 Å². The highest BCUT2D eigenvalue weighted by molar-refractivity contribution is 5.68. The van der Waals surface area contributed by atoms with E-state index in [0.717, 1.165) is 12.8 Å². The standard InChI is InChI=1S/C18H33F3N2O2/c1-13(8-6-10-18(19,20)21)22-14(2)15-9-7-11-23(12-15)16(24)25-17(3,4)5/h13-15,22H,6-12H2,1-5H3. The summed E-state index contributed by atoms with van der Waals surface area (Å²) in [7, 11) is 0. The molecule has 0 aromatic carbocycles. The molecule has 0 bridgehead atoms. The molecule has 3 unspecified atom stereocenters. The third-order valence-electron chi connectivity index (χ3n) is 4.46. The van der Waals surface area contributed by atoms with Gasteiger partial charge in [0.2, 0.25) is 0 Å². The first-order chi connectivity index (χ1) is 11.4. The van der Waals surface area contributed by atoms with Crippen LogP contribution in [0.25, 0.3) is 0 Å². The number of nitrogens with zero attached hydrogens (tertiary/aromatic N) is 1. The fourth-order valence-electron chi connectivity index (χ4n) is 3.19. The fraction of sp³-hybridized carbons (Fsp3) is 0.944. The van der Waals surface area contributed by atoms with Crippen molar-refractivity contribution < 1.29 is 22.7 Å². The van der Waals surface area contributed by atoms with Gasteiger partial charge in [0, 0.05) is 31.6 Å². The number of carbonyl (C=O) groups is 1. The largest absolute Gasteiger partial charge is 0.444 e. The van der Waals surface area contributed by atoms with Gasteiger partial charge in [-0.15, -0.1) is 0 Å². The number of nitrogens with one attached hydrogen (secondary N) is 1. The highest BCUT2D eigenvalue weighted by atomic mass is 19.4. The molecule has 148 valence electrons. The lowest BCUT2D eigenvalue weighted by atomic mass is 9.91. The minimum atomic E-state index is -4.08. The molecule has 1 amide bonds. The predicted octanol–water partition coefficient (Wildman–Crippen LogP) is 4.73. The molecule has 4 nitrogen and oxygen atoms in total. The average molecular weight is 366 g/mol. The second kappa shape index (κ2) is 9.10. The van der Waals surface area contributed by atoms with Gasteiger partial charge in [0.25, 0.3) is 0 Å². The molecule has 1 aliphatic heterocycles. The molecule has 0 saturated carbocycles. The van der Waals surface area contributed by atoms with Crippen molar-refractivity contribution in [2.45, 2.75) is 90.6 Å². The quantitative estimate of drug-likeness (QED) is 0.739. The first kappa shape index (κ1) is 22.1. The van der Waals surface area contributed by atoms with E-state index in [1.54, 1.807) is 4.90 Å². The zero-order valence-corrected chi connectivity index (χ0v) is 16.1. The molecule has 0 aromatic rings. The van der Waals surface area contributed by atoms with Gasteiger partial charge in [0.1, 0.15) is 5.60 Å². The molecule has 1 fully saturated rings. The van der Waals surface area contributed by atoms with Crippen LogP contribution in [0.15, 0.2) is 0 Å². The maximum atomic E-state index is 12.2. The normalized spacial score (nSPS) is 21.8. The molecular weight excluding hydrogens is 333 g/mol. The third kappa shape index (κ3) is 9.33. The van der Waals surface area contributed by atoms with Crippen LogP contribution in [0.4, 0.5) is 18.0 Å². The van der Waals surface area contributed by atoms with Crippen LogP contribution < -0.4 is 5.32 Å². The van der Waals surface area contributed by atoms with Crippen molar-refractivity contribution in [1.29, 1.82) is 0 Å². The van der Waals surface area contributed by atoms with Crippen LogP contribution in [0, 0.1) is 5.92 Å². The van der Waals surface area contributed by atoms with Crippen molar-refractivity contribution in [3.05, 3.63) is 0 Å². The number of likely N-dealkylation sites (tertiary alicyclic amines) is 1. The van der Waals surface area contributed by atoms with E-state index in [2.05, 4.69) is 5.32 Å². The van der Waals surface area contributed by atoms with Crippen molar-refractivity contribution in [1.82, 2.24) is 10.2 Å². The van der Waals surface area contributed by atoms with Gasteiger partial charge in [0.05, 0.1) is 0 Å². The maximum Gasteiger partial charge on any atom is 0.410 e. The van der Waals surface area contributed by atoms with Crippen LogP contribution in [0.3, 0.4) is 0 Å². The first-order valence-electron chi connectivity index (χ1n) is 9.18. The van der Waals surface area contributed by atoms with Gasteiger partial charge in [-0.1, -0.05) is 0 Å². The monoisotopic (exact) mass is 366 g/mol. The maximum absolute atomic E-state index is 12.2. The van der Waals surface area contributed by atoms with Gasteiger partial charge in [-0.2, -0.15) is 13.2 Å². The molecule has 7 heteroatoms. The van der Waals surface area contributed by atoms with Crippen LogP contribution in [0.5, 0.6) is 0 Å². The summed E-state index contributed by atoms with van der Waals surface area (Å²) in [5.41, 5.74) is -0.513. The highest BCUT2D eigenvalue weighted by Gasteiger charge is 2.31. The zero-order valence-electron chi connectivity index (χ0n) is 16.1. The predicted molar refractivity (Wildman–Crippen MR) is 92.5 cm³/mol. The van der Waals surface area contributed by atoms with Gasteiger partial charge in [-0.25, -0.2) is 4.79 Å². The smallest absolute Gasteiger partial charge is 0.410 e. The Bertz CT molecular complexity index is 422. The average Bonchev–Trinajstić information content (AvgIpc) is 2.44. The summed E-state index contributed by atoms with van der Waals surface area (Å²) in [5, 5.41) is 3.40. The lowest BCUT2D eigenvalue weighted by Crippen LogP contribution is -2.49. The van der Waals surface area contributed by atoms with E-state index in [9.17, 15) is 18.0 Å². The van der Waals surface area contributed by atoms with E-state index in [1.165, 1.54) is 0 Å². The fourth-order valence-corrected chi connectivity index (χ4v) is 3.19. The Balaban J connectivity index is 2.42. The number of alkyl halides is 3. The van der Waals surface area contributed by atoms with E-state index in [4.69, 9.17) is 4.74 Å². The van der Waals surface area contributed by atoms with Crippen molar-refractivity contribution in [2.75, 3.05) is 13.1 Å². The molecule has 0 spiro atoms. The first-order valence-corrected chi connectivity index (χ1v) is 9.18. The number of carbonyl (C=O) groups excluding carboxylic acids is 1. The number of hydrogen-bond acceptors (Lipinski definition) is 3. The molecule has 1 rings (SSSR count). The van der Waals surface area contributed by atoms with E-state index < -0.39 is 18.2 Å². The van der Waals surface area contributed by atoms with Crippen molar-refractivity contribution in [2.24, 2.45) is 5.92 Å². The second-order valence-electron chi connectivity index (χ2n) is 8.19. The third-order valence-corrected chi connectivity index (χ3v) is 4.46. The van der Waals surface area contributed by atoms with E-state index in [0.29, 0.717) is 19.5 Å². The molecule has 25 heavy (non-hydrogen) atoms. The van der Waals surface area contributed by atoms with Crippen LogP contribution in [0.2, 0.25) is 0 Å². The molecule has 1 saturated heterocycles. The molecule has 0 radical (unpaired) electrons. The Morgan fingerprint density at radius 2 is 1.92 bits per heavy atom. The van der Waals surface area contributed by atoms with Crippen LogP contribution in [-0.2, 0) is 4.74 Å². The topological polar surface area (TPSA) is 41.6 Å². The van der Waals surface area contributed by atoms with Crippen LogP contribution in [-0.4, -0.2) is 47.9 Å². The SMILES string of the molecule is CC(CCCC(F)(F)F)NC(C)C1CCCN(C(=O)OC(C)(C)C)C1. The van der Waals surface area contributed by atoms with Crippen molar-refractivity contribution in [3.8, 4) is 0 Å². The number of piperidine rings is 1. The number of halogens is 3. The summed E-state index contributed by atoms with van der Waals surface area (Å²) in [4.78, 5) is 14.0. The summed E-state index contributed by atoms with van der Waals surface area (Å²) >= 11 is 0. The number of hydrogen-bond donors (Lipinski definition) is 1. The van der Waals surface area contributed by atoms with E-state index >= 15 is 0 Å². The molecule has 1 N–H and O–H groups in total. The van der Waals surface area contributed by atoms with Crippen molar-refractivity contribution >= 4 is 6.09 Å². The molecular formula is C18H33F3N2O2. The Kier molecular flexibility index (Phi) is 8.03. The lowest BCUT2D eigenvalue weighted by Gasteiger charge is -2.37. The summed E-state index contributed by atoms with van der Waals surface area (Å²) in [6.45, 7) is 10.8. The van der Waals surface area contributed by atoms with Gasteiger partial charge in [-0.05, 0) is 66.2 Å². The molecule has 0 aromatic heterocycles. The summed E-state index contributed by atoms with van der Waals surface area (Å²) in [5.74, 6) is 0.284. The van der Waals surface area contributed by atoms with Gasteiger partial charge in [0.15, 0.2) is 0 Å². The van der Waals surface area contributed by atoms with Gasteiger partial charge >= 0.3 is 12.3 Å². The van der Waals surface area contributed by atoms with Crippen LogP contribution >= 0.6 is 0 Å². The van der Waals surface area contributed by atoms with Crippen LogP contribution in [0.1, 0.15) is 66.7 Å². The molecule has 3 atom stereocenters. The Morgan fingerprint density at radius 1 is 1.28 bits per heavy atom.